The number of hydrogen-bond acceptors (Lipinski definition) is 7. The molecule has 0 bridgehead atoms. The molecule has 0 heterocycles. The lowest BCUT2D eigenvalue weighted by Crippen LogP contribution is -2.56. The molecule has 0 radical (unpaired) electrons. The zero-order chi connectivity index (χ0) is 25.3. The average molecular weight is 474 g/mol. The summed E-state index contributed by atoms with van der Waals surface area (Å²) in [7, 11) is 0. The second-order valence-corrected chi connectivity index (χ2v) is 7.69. The third-order valence-corrected chi connectivity index (χ3v) is 4.92. The number of carbonyl (C=O) groups excluding carboxylic acids is 4. The van der Waals surface area contributed by atoms with E-state index in [1.807, 2.05) is 6.07 Å². The highest BCUT2D eigenvalue weighted by Gasteiger charge is 2.26. The van der Waals surface area contributed by atoms with Gasteiger partial charge >= 0.3 is 0 Å². The number of hydrogen-bond donors (Lipinski definition) is 6. The largest absolute Gasteiger partial charge is 0.505 e. The van der Waals surface area contributed by atoms with Gasteiger partial charge in [-0.2, -0.15) is 0 Å². The number of phenolic OH excluding ortho intramolecular Hbond substituents is 1. The molecule has 0 fully saturated rings. The van der Waals surface area contributed by atoms with Crippen molar-refractivity contribution in [3.8, 4) is 5.75 Å². The Kier molecular flexibility index (Phi) is 9.65. The van der Waals surface area contributed by atoms with Crippen molar-refractivity contribution in [1.29, 1.82) is 0 Å². The van der Waals surface area contributed by atoms with E-state index in [0.29, 0.717) is 5.56 Å². The predicted octanol–water partition coefficient (Wildman–Crippen LogP) is -0.765. The van der Waals surface area contributed by atoms with Crippen molar-refractivity contribution in [3.63, 3.8) is 0 Å². The molecule has 11 heteroatoms. The lowest BCUT2D eigenvalue weighted by atomic mass is 10.0. The Bertz CT molecular complexity index is 1030. The highest BCUT2D eigenvalue weighted by Crippen LogP contribution is 2.17. The molecule has 0 aliphatic carbocycles. The van der Waals surface area contributed by atoms with E-state index < -0.39 is 53.3 Å². The molecule has 0 spiro atoms. The van der Waals surface area contributed by atoms with E-state index in [1.54, 1.807) is 24.3 Å². The molecule has 182 valence electrons. The van der Waals surface area contributed by atoms with Gasteiger partial charge < -0.3 is 27.2 Å². The molecule has 10 nitrogen and oxygen atoms in total. The standard InChI is InChI=1S/C23H28FN5O5/c1-13(21(32)29-22(33)17(26)10-15-7-8-19(30)16(24)9-15)27-23(34)18(28-20(31)12-25)11-14-5-3-2-4-6-14/h2-9,13,17-18,30H,10-12,25-26H2,1H3,(H,27,34)(H,28,31)(H,29,32,33)/t13-,17+,18+/m1/s1. The molecule has 2 aromatic rings. The number of halogens is 1. The van der Waals surface area contributed by atoms with E-state index in [1.165, 1.54) is 13.0 Å². The van der Waals surface area contributed by atoms with Crippen molar-refractivity contribution in [1.82, 2.24) is 16.0 Å². The summed E-state index contributed by atoms with van der Waals surface area (Å²) in [6.45, 7) is 1.05. The van der Waals surface area contributed by atoms with Gasteiger partial charge in [-0.3, -0.25) is 24.5 Å². The Labute approximate surface area is 195 Å². The van der Waals surface area contributed by atoms with Crippen molar-refractivity contribution in [2.45, 2.75) is 37.9 Å². The van der Waals surface area contributed by atoms with Crippen molar-refractivity contribution < 1.29 is 28.7 Å². The monoisotopic (exact) mass is 473 g/mol. The van der Waals surface area contributed by atoms with E-state index in [9.17, 15) is 28.7 Å². The van der Waals surface area contributed by atoms with Crippen LogP contribution in [0.1, 0.15) is 18.1 Å². The Morgan fingerprint density at radius 1 is 0.941 bits per heavy atom. The molecule has 2 aromatic carbocycles. The molecular weight excluding hydrogens is 445 g/mol. The molecule has 34 heavy (non-hydrogen) atoms. The fourth-order valence-corrected chi connectivity index (χ4v) is 3.04. The van der Waals surface area contributed by atoms with Gasteiger partial charge in [0.15, 0.2) is 11.6 Å². The SMILES string of the molecule is C[C@@H](NC(=O)[C@H](Cc1ccccc1)NC(=O)CN)C(=O)NC(=O)[C@@H](N)Cc1ccc(O)c(F)c1. The van der Waals surface area contributed by atoms with Gasteiger partial charge in [0.2, 0.25) is 23.6 Å². The van der Waals surface area contributed by atoms with Gasteiger partial charge in [-0.05, 0) is 36.6 Å². The maximum Gasteiger partial charge on any atom is 0.248 e. The zero-order valence-electron chi connectivity index (χ0n) is 18.6. The van der Waals surface area contributed by atoms with E-state index in [-0.39, 0.29) is 19.4 Å². The average Bonchev–Trinajstić information content (AvgIpc) is 2.81. The second-order valence-electron chi connectivity index (χ2n) is 7.69. The Morgan fingerprint density at radius 2 is 1.62 bits per heavy atom. The second kappa shape index (κ2) is 12.4. The first-order valence-electron chi connectivity index (χ1n) is 10.5. The highest BCUT2D eigenvalue weighted by atomic mass is 19.1. The number of nitrogens with two attached hydrogens (primary N) is 2. The smallest absolute Gasteiger partial charge is 0.248 e. The van der Waals surface area contributed by atoms with Gasteiger partial charge in [0.1, 0.15) is 12.1 Å². The molecule has 0 aliphatic heterocycles. The first kappa shape index (κ1) is 26.4. The van der Waals surface area contributed by atoms with Crippen LogP contribution in [-0.4, -0.2) is 53.4 Å². The third kappa shape index (κ3) is 7.94. The number of rotatable bonds is 10. The van der Waals surface area contributed by atoms with Gasteiger partial charge in [0.25, 0.3) is 0 Å². The van der Waals surface area contributed by atoms with Gasteiger partial charge in [-0.1, -0.05) is 36.4 Å². The molecular formula is C23H28FN5O5. The van der Waals surface area contributed by atoms with Crippen LogP contribution < -0.4 is 27.4 Å². The highest BCUT2D eigenvalue weighted by molar-refractivity contribution is 6.01. The number of carbonyl (C=O) groups is 4. The number of imide groups is 1. The summed E-state index contributed by atoms with van der Waals surface area (Å²) in [6.07, 6.45) is 0.0844. The van der Waals surface area contributed by atoms with E-state index in [4.69, 9.17) is 11.5 Å². The summed E-state index contributed by atoms with van der Waals surface area (Å²) < 4.78 is 13.5. The molecule has 0 aliphatic rings. The summed E-state index contributed by atoms with van der Waals surface area (Å²) >= 11 is 0. The number of phenols is 1. The summed E-state index contributed by atoms with van der Waals surface area (Å²) in [4.78, 5) is 49.2. The molecule has 0 aromatic heterocycles. The molecule has 8 N–H and O–H groups in total. The number of nitrogens with one attached hydrogen (secondary N) is 3. The summed E-state index contributed by atoms with van der Waals surface area (Å²) in [5.74, 6) is -4.20. The van der Waals surface area contributed by atoms with E-state index in [2.05, 4.69) is 16.0 Å². The van der Waals surface area contributed by atoms with Crippen molar-refractivity contribution in [3.05, 3.63) is 65.5 Å². The maximum absolute atomic E-state index is 13.5. The molecule has 4 amide bonds. The van der Waals surface area contributed by atoms with Crippen LogP contribution >= 0.6 is 0 Å². The minimum absolute atomic E-state index is 0.0820. The summed E-state index contributed by atoms with van der Waals surface area (Å²) in [5, 5.41) is 16.3. The summed E-state index contributed by atoms with van der Waals surface area (Å²) in [6, 6.07) is 9.23. The lowest BCUT2D eigenvalue weighted by molar-refractivity contribution is -0.135. The fourth-order valence-electron chi connectivity index (χ4n) is 3.04. The lowest BCUT2D eigenvalue weighted by Gasteiger charge is -2.21. The third-order valence-electron chi connectivity index (χ3n) is 4.92. The maximum atomic E-state index is 13.5. The number of aromatic hydroxyl groups is 1. The van der Waals surface area contributed by atoms with Crippen LogP contribution in [-0.2, 0) is 32.0 Å². The van der Waals surface area contributed by atoms with Crippen LogP contribution in [0.5, 0.6) is 5.75 Å². The quantitative estimate of drug-likeness (QED) is 0.262. The minimum Gasteiger partial charge on any atom is -0.505 e. The van der Waals surface area contributed by atoms with Gasteiger partial charge in [-0.25, -0.2) is 4.39 Å². The van der Waals surface area contributed by atoms with Gasteiger partial charge in [0.05, 0.1) is 12.6 Å². The van der Waals surface area contributed by atoms with Crippen LogP contribution in [0, 0.1) is 5.82 Å². The Morgan fingerprint density at radius 3 is 2.24 bits per heavy atom. The molecule has 0 saturated heterocycles. The van der Waals surface area contributed by atoms with Gasteiger partial charge in [0, 0.05) is 6.42 Å². The van der Waals surface area contributed by atoms with Crippen LogP contribution in [0.15, 0.2) is 48.5 Å². The zero-order valence-corrected chi connectivity index (χ0v) is 18.6. The van der Waals surface area contributed by atoms with Gasteiger partial charge in [-0.15, -0.1) is 0 Å². The topological polar surface area (TPSA) is 177 Å². The summed E-state index contributed by atoms with van der Waals surface area (Å²) in [5.41, 5.74) is 12.3. The van der Waals surface area contributed by atoms with Crippen LogP contribution in [0.25, 0.3) is 0 Å². The normalized spacial score (nSPS) is 13.3. The van der Waals surface area contributed by atoms with Crippen LogP contribution in [0.4, 0.5) is 4.39 Å². The molecule has 0 unspecified atom stereocenters. The van der Waals surface area contributed by atoms with E-state index >= 15 is 0 Å². The first-order chi connectivity index (χ1) is 16.1. The number of amides is 4. The van der Waals surface area contributed by atoms with E-state index in [0.717, 1.165) is 17.7 Å². The van der Waals surface area contributed by atoms with Crippen LogP contribution in [0.3, 0.4) is 0 Å². The molecule has 0 saturated carbocycles. The first-order valence-corrected chi connectivity index (χ1v) is 10.5. The van der Waals surface area contributed by atoms with Crippen molar-refractivity contribution in [2.24, 2.45) is 11.5 Å². The van der Waals surface area contributed by atoms with Crippen LogP contribution in [0.2, 0.25) is 0 Å². The molecule has 3 atom stereocenters. The minimum atomic E-state index is -1.18. The van der Waals surface area contributed by atoms with Crippen molar-refractivity contribution >= 4 is 23.6 Å². The fraction of sp³-hybridized carbons (Fsp3) is 0.304. The predicted molar refractivity (Wildman–Crippen MR) is 122 cm³/mol. The Hall–Kier alpha value is -3.83. The number of benzene rings is 2. The molecule has 2 rings (SSSR count). The van der Waals surface area contributed by atoms with Crippen molar-refractivity contribution in [2.75, 3.05) is 6.54 Å². The Balaban J connectivity index is 1.95.